The minimum Gasteiger partial charge on any atom is -0.458 e. The molecule has 7 nitrogen and oxygen atoms in total. The molecule has 5 aliphatic rings. The van der Waals surface area contributed by atoms with Crippen molar-refractivity contribution in [3.8, 4) is 0 Å². The van der Waals surface area contributed by atoms with Crippen molar-refractivity contribution in [3.05, 3.63) is 23.3 Å². The summed E-state index contributed by atoms with van der Waals surface area (Å²) in [5, 5.41) is 45.3. The highest BCUT2D eigenvalue weighted by molar-refractivity contribution is 5.93. The van der Waals surface area contributed by atoms with Crippen LogP contribution in [0.25, 0.3) is 0 Å². The van der Waals surface area contributed by atoms with E-state index >= 15 is 0 Å². The van der Waals surface area contributed by atoms with E-state index in [1.165, 1.54) is 0 Å². The van der Waals surface area contributed by atoms with Gasteiger partial charge in [0, 0.05) is 5.41 Å². The van der Waals surface area contributed by atoms with E-state index in [1.807, 2.05) is 13.8 Å². The van der Waals surface area contributed by atoms with Crippen LogP contribution in [0.2, 0.25) is 0 Å². The van der Waals surface area contributed by atoms with Gasteiger partial charge in [-0.2, -0.15) is 0 Å². The zero-order valence-electron chi connectivity index (χ0n) is 15.7. The molecule has 2 fully saturated rings. The molecule has 0 aromatic rings. The Morgan fingerprint density at radius 2 is 1.93 bits per heavy atom. The average Bonchev–Trinajstić information content (AvgIpc) is 3.05. The Hall–Kier alpha value is -1.25. The first-order valence-corrected chi connectivity index (χ1v) is 9.62. The first-order valence-electron chi connectivity index (χ1n) is 9.62. The molecule has 5 rings (SSSR count). The molecule has 7 heteroatoms. The summed E-state index contributed by atoms with van der Waals surface area (Å²) >= 11 is 0. The van der Waals surface area contributed by atoms with E-state index in [4.69, 9.17) is 9.47 Å². The number of fused-ring (bicyclic) bond motifs is 4. The van der Waals surface area contributed by atoms with Crippen LogP contribution in [0.4, 0.5) is 0 Å². The average molecular weight is 378 g/mol. The summed E-state index contributed by atoms with van der Waals surface area (Å²) in [6.45, 7) is 5.69. The van der Waals surface area contributed by atoms with E-state index in [0.717, 1.165) is 0 Å². The molecule has 0 amide bonds. The number of cyclic esters (lactones) is 1. The summed E-state index contributed by atoms with van der Waals surface area (Å²) in [4.78, 5) is 12.1. The molecule has 0 spiro atoms. The lowest BCUT2D eigenvalue weighted by Gasteiger charge is -2.63. The normalized spacial score (nSPS) is 55.6. The zero-order chi connectivity index (χ0) is 19.6. The number of ether oxygens (including phenoxy) is 2. The van der Waals surface area contributed by atoms with Gasteiger partial charge in [0.25, 0.3) is 0 Å². The number of hydrogen-bond donors (Lipinski definition) is 4. The molecule has 0 radical (unpaired) electrons. The Morgan fingerprint density at radius 1 is 1.22 bits per heavy atom. The molecule has 8 atom stereocenters. The van der Waals surface area contributed by atoms with Crippen LogP contribution in [0.1, 0.15) is 33.6 Å². The van der Waals surface area contributed by atoms with Gasteiger partial charge in [-0.25, -0.2) is 4.79 Å². The predicted octanol–water partition coefficient (Wildman–Crippen LogP) is -0.183. The summed E-state index contributed by atoms with van der Waals surface area (Å²) in [5.41, 5.74) is -4.81. The van der Waals surface area contributed by atoms with Gasteiger partial charge in [-0.1, -0.05) is 32.9 Å². The standard InChI is InChI=1S/C20H26O7/c1-9(2)18-4-5-19(24)17(3)7-12(21)14-10(8-26-15(14)22)11(17)6-13(27-18)20(19,25)16(18)23/h4-5,9,11-13,16,21,23-25H,6-8H2,1-3H3/t11-,12-,13+,16+,17-,18-,19+,20+/m0/s1. The summed E-state index contributed by atoms with van der Waals surface area (Å²) in [5.74, 6) is -0.941. The predicted molar refractivity (Wildman–Crippen MR) is 92.3 cm³/mol. The first-order chi connectivity index (χ1) is 12.5. The maximum atomic E-state index is 12.1. The monoisotopic (exact) mass is 378 g/mol. The van der Waals surface area contributed by atoms with Gasteiger partial charge in [0.1, 0.15) is 23.9 Å². The lowest BCUT2D eigenvalue weighted by atomic mass is 9.44. The van der Waals surface area contributed by atoms with Gasteiger partial charge in [-0.05, 0) is 30.3 Å². The van der Waals surface area contributed by atoms with E-state index in [0.29, 0.717) is 12.0 Å². The molecule has 0 unspecified atom stereocenters. The smallest absolute Gasteiger partial charge is 0.337 e. The van der Waals surface area contributed by atoms with Crippen LogP contribution in [-0.2, 0) is 14.3 Å². The SMILES string of the molecule is CC(C)[C@]12C=C[C@]3(O)[C@@](O)([C@@H](C[C@H]4C5=C(C(=O)OC5)[C@@H](O)C[C@@]43C)O1)[C@@H]2O. The van der Waals surface area contributed by atoms with Crippen molar-refractivity contribution in [2.45, 2.75) is 68.7 Å². The van der Waals surface area contributed by atoms with Crippen LogP contribution < -0.4 is 0 Å². The van der Waals surface area contributed by atoms with Crippen molar-refractivity contribution in [3.63, 3.8) is 0 Å². The largest absolute Gasteiger partial charge is 0.458 e. The molecule has 2 bridgehead atoms. The van der Waals surface area contributed by atoms with Gasteiger partial charge in [0.05, 0.1) is 17.8 Å². The maximum Gasteiger partial charge on any atom is 0.337 e. The second-order valence-corrected chi connectivity index (χ2v) is 9.38. The second-order valence-electron chi connectivity index (χ2n) is 9.38. The van der Waals surface area contributed by atoms with Crippen molar-refractivity contribution in [1.29, 1.82) is 0 Å². The van der Waals surface area contributed by atoms with Gasteiger partial charge in [0.2, 0.25) is 0 Å². The first kappa shape index (κ1) is 17.8. The molecule has 2 aliphatic heterocycles. The van der Waals surface area contributed by atoms with E-state index in [-0.39, 0.29) is 30.4 Å². The van der Waals surface area contributed by atoms with Gasteiger partial charge < -0.3 is 29.9 Å². The van der Waals surface area contributed by atoms with E-state index in [9.17, 15) is 25.2 Å². The molecule has 27 heavy (non-hydrogen) atoms. The number of aliphatic hydroxyl groups excluding tert-OH is 2. The number of rotatable bonds is 1. The summed E-state index contributed by atoms with van der Waals surface area (Å²) in [6, 6.07) is 0. The zero-order valence-corrected chi connectivity index (χ0v) is 15.7. The number of aliphatic hydroxyl groups is 4. The molecule has 4 N–H and O–H groups in total. The number of esters is 1. The fourth-order valence-electron chi connectivity index (χ4n) is 6.55. The van der Waals surface area contributed by atoms with E-state index < -0.39 is 46.5 Å². The molecule has 2 heterocycles. The lowest BCUT2D eigenvalue weighted by molar-refractivity contribution is -0.271. The number of carbonyl (C=O) groups excluding carboxylic acids is 1. The highest BCUT2D eigenvalue weighted by Crippen LogP contribution is 2.67. The van der Waals surface area contributed by atoms with Crippen molar-refractivity contribution in [2.75, 3.05) is 6.61 Å². The van der Waals surface area contributed by atoms with Crippen molar-refractivity contribution < 1.29 is 34.7 Å². The van der Waals surface area contributed by atoms with Crippen LogP contribution in [0.3, 0.4) is 0 Å². The molecular weight excluding hydrogens is 352 g/mol. The molecular formula is C20H26O7. The fourth-order valence-corrected chi connectivity index (χ4v) is 6.55. The molecule has 1 saturated heterocycles. The summed E-state index contributed by atoms with van der Waals surface area (Å²) in [6.07, 6.45) is 0.487. The maximum absolute atomic E-state index is 12.1. The molecule has 1 saturated carbocycles. The molecule has 0 aromatic carbocycles. The van der Waals surface area contributed by atoms with Crippen LogP contribution in [-0.4, -0.2) is 68.1 Å². The third kappa shape index (κ3) is 1.63. The Bertz CT molecular complexity index is 802. The van der Waals surface area contributed by atoms with E-state index in [1.54, 1.807) is 19.1 Å². The van der Waals surface area contributed by atoms with E-state index in [2.05, 4.69) is 0 Å². The van der Waals surface area contributed by atoms with Crippen LogP contribution in [0, 0.1) is 17.3 Å². The molecule has 3 aliphatic carbocycles. The van der Waals surface area contributed by atoms with Crippen molar-refractivity contribution in [1.82, 2.24) is 0 Å². The van der Waals surface area contributed by atoms with Crippen molar-refractivity contribution >= 4 is 5.97 Å². The topological polar surface area (TPSA) is 116 Å². The fraction of sp³-hybridized carbons (Fsp3) is 0.750. The van der Waals surface area contributed by atoms with Gasteiger partial charge in [0.15, 0.2) is 5.60 Å². The van der Waals surface area contributed by atoms with Gasteiger partial charge in [-0.3, -0.25) is 0 Å². The summed E-state index contributed by atoms with van der Waals surface area (Å²) in [7, 11) is 0. The van der Waals surface area contributed by atoms with Crippen molar-refractivity contribution in [2.24, 2.45) is 17.3 Å². The Balaban J connectivity index is 1.73. The van der Waals surface area contributed by atoms with Gasteiger partial charge in [-0.15, -0.1) is 0 Å². The summed E-state index contributed by atoms with van der Waals surface area (Å²) < 4.78 is 11.4. The third-order valence-corrected chi connectivity index (χ3v) is 8.16. The van der Waals surface area contributed by atoms with Crippen LogP contribution in [0.15, 0.2) is 23.3 Å². The minimum absolute atomic E-state index is 0.0777. The third-order valence-electron chi connectivity index (χ3n) is 8.16. The van der Waals surface area contributed by atoms with Crippen LogP contribution in [0.5, 0.6) is 0 Å². The highest BCUT2D eigenvalue weighted by atomic mass is 16.6. The Labute approximate surface area is 157 Å². The highest BCUT2D eigenvalue weighted by Gasteiger charge is 2.80. The molecule has 0 aromatic heterocycles. The van der Waals surface area contributed by atoms with Crippen LogP contribution >= 0.6 is 0 Å². The Kier molecular flexibility index (Phi) is 3.19. The number of hydrogen-bond acceptors (Lipinski definition) is 7. The quantitative estimate of drug-likeness (QED) is 0.369. The second kappa shape index (κ2) is 4.83. The van der Waals surface area contributed by atoms with Gasteiger partial charge >= 0.3 is 5.97 Å². The lowest BCUT2D eigenvalue weighted by Crippen LogP contribution is -2.77. The number of carbonyl (C=O) groups is 1. The molecule has 148 valence electrons. The minimum atomic E-state index is -1.89. The Morgan fingerprint density at radius 3 is 2.59 bits per heavy atom.